The van der Waals surface area contributed by atoms with Crippen LogP contribution in [0.3, 0.4) is 0 Å². The SMILES string of the molecule is C=C[C@H]1[C@@](C)(C=O)[C@H](n2cnc3c(=O)[nH]c(N(C)/C=C4/CC(I)C(C)=C4C4CC4)nc32)O[C@]1(F)CO. The summed E-state index contributed by atoms with van der Waals surface area (Å²) in [6.07, 6.45) is 7.29. The first-order valence-corrected chi connectivity index (χ1v) is 13.1. The summed E-state index contributed by atoms with van der Waals surface area (Å²) in [7, 11) is 1.81. The van der Waals surface area contributed by atoms with E-state index in [1.54, 1.807) is 4.90 Å². The third kappa shape index (κ3) is 3.77. The van der Waals surface area contributed by atoms with Crippen LogP contribution < -0.4 is 10.5 Å². The van der Waals surface area contributed by atoms with Gasteiger partial charge in [-0.3, -0.25) is 14.3 Å². The van der Waals surface area contributed by atoms with Crippen LogP contribution in [0.1, 0.15) is 39.3 Å². The lowest BCUT2D eigenvalue weighted by Crippen LogP contribution is -2.39. The largest absolute Gasteiger partial charge is 0.390 e. The van der Waals surface area contributed by atoms with Crippen molar-refractivity contribution < 1.29 is 19.0 Å². The molecule has 0 aromatic carbocycles. The zero-order chi connectivity index (χ0) is 26.0. The van der Waals surface area contributed by atoms with Gasteiger partial charge in [0.25, 0.3) is 5.56 Å². The zero-order valence-electron chi connectivity index (χ0n) is 20.4. The molecule has 1 unspecified atom stereocenters. The maximum Gasteiger partial charge on any atom is 0.280 e. The number of ether oxygens (including phenoxy) is 1. The molecule has 2 aromatic heterocycles. The predicted octanol–water partition coefficient (Wildman–Crippen LogP) is 3.57. The first kappa shape index (κ1) is 25.3. The van der Waals surface area contributed by atoms with E-state index in [-0.39, 0.29) is 17.1 Å². The Morgan fingerprint density at radius 2 is 2.19 bits per heavy atom. The highest BCUT2D eigenvalue weighted by atomic mass is 127. The number of allylic oxidation sites excluding steroid dienone is 3. The summed E-state index contributed by atoms with van der Waals surface area (Å²) in [4.78, 5) is 38.5. The molecule has 3 heterocycles. The van der Waals surface area contributed by atoms with Gasteiger partial charge in [0.05, 0.1) is 17.7 Å². The van der Waals surface area contributed by atoms with E-state index in [0.29, 0.717) is 16.1 Å². The van der Waals surface area contributed by atoms with Crippen molar-refractivity contribution >= 4 is 46.0 Å². The molecule has 9 nitrogen and oxygen atoms in total. The quantitative estimate of drug-likeness (QED) is 0.214. The van der Waals surface area contributed by atoms with E-state index in [4.69, 9.17) is 4.74 Å². The van der Waals surface area contributed by atoms with Crippen LogP contribution in [0.2, 0.25) is 0 Å². The summed E-state index contributed by atoms with van der Waals surface area (Å²) in [5, 5.41) is 9.71. The third-order valence-electron chi connectivity index (χ3n) is 7.66. The summed E-state index contributed by atoms with van der Waals surface area (Å²) in [6, 6.07) is 0. The average molecular weight is 609 g/mol. The minimum absolute atomic E-state index is 0.0368. The second-order valence-electron chi connectivity index (χ2n) is 10.1. The molecular formula is C25H29FIN5O4. The zero-order valence-corrected chi connectivity index (χ0v) is 22.5. The Labute approximate surface area is 221 Å². The minimum Gasteiger partial charge on any atom is -0.390 e. The van der Waals surface area contributed by atoms with Crippen LogP contribution in [0.5, 0.6) is 0 Å². The maximum atomic E-state index is 15.5. The Bertz CT molecular complexity index is 1360. The first-order chi connectivity index (χ1) is 17.1. The summed E-state index contributed by atoms with van der Waals surface area (Å²) < 4.78 is 22.9. The van der Waals surface area contributed by atoms with Gasteiger partial charge in [0.2, 0.25) is 11.8 Å². The van der Waals surface area contributed by atoms with Crippen molar-refractivity contribution in [2.45, 2.75) is 49.1 Å². The Balaban J connectivity index is 1.57. The van der Waals surface area contributed by atoms with Gasteiger partial charge in [0, 0.05) is 17.2 Å². The summed E-state index contributed by atoms with van der Waals surface area (Å²) >= 11 is 2.47. The number of aldehydes is 1. The van der Waals surface area contributed by atoms with Crippen molar-refractivity contribution in [3.05, 3.63) is 52.3 Å². The van der Waals surface area contributed by atoms with Crippen molar-refractivity contribution in [3.63, 3.8) is 0 Å². The van der Waals surface area contributed by atoms with Crippen LogP contribution in [0.15, 0.2) is 46.7 Å². The van der Waals surface area contributed by atoms with Gasteiger partial charge in [0.1, 0.15) is 12.9 Å². The Hall–Kier alpha value is -2.38. The van der Waals surface area contributed by atoms with Gasteiger partial charge in [-0.15, -0.1) is 6.58 Å². The van der Waals surface area contributed by atoms with Crippen molar-refractivity contribution in [1.82, 2.24) is 19.5 Å². The molecule has 192 valence electrons. The number of rotatable bonds is 7. The smallest absolute Gasteiger partial charge is 0.280 e. The van der Waals surface area contributed by atoms with Crippen molar-refractivity contribution in [2.24, 2.45) is 17.3 Å². The molecule has 3 aliphatic rings. The van der Waals surface area contributed by atoms with Crippen molar-refractivity contribution in [3.8, 4) is 0 Å². The van der Waals surface area contributed by atoms with Crippen LogP contribution in [0.4, 0.5) is 10.3 Å². The van der Waals surface area contributed by atoms with Gasteiger partial charge < -0.3 is 19.5 Å². The van der Waals surface area contributed by atoms with Crippen molar-refractivity contribution in [2.75, 3.05) is 18.6 Å². The number of carbonyl (C=O) groups excluding carboxylic acids is 1. The molecule has 11 heteroatoms. The molecule has 1 aliphatic heterocycles. The molecule has 0 radical (unpaired) electrons. The van der Waals surface area contributed by atoms with E-state index in [9.17, 15) is 14.7 Å². The number of H-pyrrole nitrogens is 1. The number of aromatic nitrogens is 4. The number of alkyl halides is 2. The molecule has 0 spiro atoms. The summed E-state index contributed by atoms with van der Waals surface area (Å²) in [5.41, 5.74) is 2.35. The fourth-order valence-corrected chi connectivity index (χ4v) is 6.37. The minimum atomic E-state index is -2.52. The number of hydrogen-bond acceptors (Lipinski definition) is 7. The van der Waals surface area contributed by atoms with Crippen LogP contribution in [0.25, 0.3) is 11.2 Å². The van der Waals surface area contributed by atoms with Crippen LogP contribution in [-0.4, -0.2) is 54.3 Å². The lowest BCUT2D eigenvalue weighted by Gasteiger charge is -2.28. The molecule has 2 aromatic rings. The molecule has 5 atom stereocenters. The van der Waals surface area contributed by atoms with E-state index in [1.807, 2.05) is 13.2 Å². The number of nitrogens with one attached hydrogen (secondary N) is 1. The van der Waals surface area contributed by atoms with Gasteiger partial charge in [0.15, 0.2) is 17.4 Å². The lowest BCUT2D eigenvalue weighted by atomic mass is 9.75. The van der Waals surface area contributed by atoms with Crippen LogP contribution in [-0.2, 0) is 9.53 Å². The van der Waals surface area contributed by atoms with E-state index in [0.717, 1.165) is 6.42 Å². The number of hydrogen-bond donors (Lipinski definition) is 2. The number of aromatic amines is 1. The first-order valence-electron chi connectivity index (χ1n) is 11.9. The summed E-state index contributed by atoms with van der Waals surface area (Å²) in [6.45, 7) is 6.40. The molecule has 2 aliphatic carbocycles. The van der Waals surface area contributed by atoms with Gasteiger partial charge in [-0.25, -0.2) is 9.37 Å². The van der Waals surface area contributed by atoms with Gasteiger partial charge in [-0.1, -0.05) is 34.2 Å². The molecule has 1 saturated heterocycles. The third-order valence-corrected chi connectivity index (χ3v) is 9.04. The standard InChI is InChI=1S/C25H29FIN5O4/c1-5-17-24(3,10-33)22(36-25(17,26)11-34)32-12-28-19-20(32)29-23(30-21(19)35)31(4)9-15-8-16(27)13(2)18(15)14-6-7-14/h5,9-10,12,14,16-17,22,34H,1,6-8,11H2,2-4H3,(H,29,30,35)/b15-9-/t16?,17-,22+,24+,25+/m0/s1. The number of anilines is 1. The fraction of sp³-hybridized carbons (Fsp3) is 0.520. The second-order valence-corrected chi connectivity index (χ2v) is 11.6. The molecule has 2 fully saturated rings. The Morgan fingerprint density at radius 3 is 2.81 bits per heavy atom. The molecule has 0 amide bonds. The molecule has 0 bridgehead atoms. The number of fused-ring (bicyclic) bond motifs is 1. The van der Waals surface area contributed by atoms with Gasteiger partial charge >= 0.3 is 0 Å². The molecular weight excluding hydrogens is 580 g/mol. The monoisotopic (exact) mass is 609 g/mol. The average Bonchev–Trinajstić information content (AvgIpc) is 3.46. The molecule has 36 heavy (non-hydrogen) atoms. The number of aliphatic hydroxyl groups is 1. The normalized spacial score (nSPS) is 33.6. The topological polar surface area (TPSA) is 113 Å². The van der Waals surface area contributed by atoms with E-state index in [1.165, 1.54) is 53.5 Å². The number of imidazole rings is 1. The highest BCUT2D eigenvalue weighted by Crippen LogP contribution is 2.55. The number of nitrogens with zero attached hydrogens (tertiary/aromatic N) is 4. The van der Waals surface area contributed by atoms with E-state index < -0.39 is 35.6 Å². The van der Waals surface area contributed by atoms with E-state index >= 15 is 4.39 Å². The van der Waals surface area contributed by atoms with Gasteiger partial charge in [-0.2, -0.15) is 4.98 Å². The number of halogens is 2. The highest BCUT2D eigenvalue weighted by Gasteiger charge is 2.62. The van der Waals surface area contributed by atoms with Crippen LogP contribution in [0, 0.1) is 17.3 Å². The summed E-state index contributed by atoms with van der Waals surface area (Å²) in [5.74, 6) is -2.76. The second kappa shape index (κ2) is 8.88. The number of aliphatic hydroxyl groups excluding tert-OH is 1. The highest BCUT2D eigenvalue weighted by molar-refractivity contribution is 14.1. The van der Waals surface area contributed by atoms with Gasteiger partial charge in [-0.05, 0) is 50.2 Å². The predicted molar refractivity (Wildman–Crippen MR) is 141 cm³/mol. The van der Waals surface area contributed by atoms with Crippen LogP contribution >= 0.6 is 22.6 Å². The van der Waals surface area contributed by atoms with Crippen molar-refractivity contribution in [1.29, 1.82) is 0 Å². The van der Waals surface area contributed by atoms with E-state index in [2.05, 4.69) is 51.0 Å². The Kier molecular flexibility index (Phi) is 6.23. The lowest BCUT2D eigenvalue weighted by molar-refractivity contribution is -0.188. The number of carbonyl (C=O) groups is 1. The molecule has 5 rings (SSSR count). The molecule has 2 N–H and O–H groups in total. The Morgan fingerprint density at radius 1 is 1.47 bits per heavy atom. The fourth-order valence-electron chi connectivity index (χ4n) is 5.56. The maximum absolute atomic E-state index is 15.5. The molecule has 1 saturated carbocycles.